The standard InChI is InChI=1S/C14H17BrN4O/c1-2-16-7-12-8-19(18-17-12)9-13-6-10-5-11(15)3-4-14(10)20-13/h3-5,8,13,16H,2,6-7,9H2,1H3. The lowest BCUT2D eigenvalue weighted by Crippen LogP contribution is -2.21. The molecule has 2 aromatic rings. The van der Waals surface area contributed by atoms with Crippen LogP contribution in [0.3, 0.4) is 0 Å². The Kier molecular flexibility index (Phi) is 4.03. The monoisotopic (exact) mass is 336 g/mol. The molecule has 1 aromatic carbocycles. The van der Waals surface area contributed by atoms with Crippen LogP contribution >= 0.6 is 15.9 Å². The fourth-order valence-electron chi connectivity index (χ4n) is 2.36. The maximum Gasteiger partial charge on any atom is 0.123 e. The summed E-state index contributed by atoms with van der Waals surface area (Å²) in [5.74, 6) is 0.978. The van der Waals surface area contributed by atoms with Crippen molar-refractivity contribution < 1.29 is 4.74 Å². The highest BCUT2D eigenvalue weighted by Gasteiger charge is 2.23. The number of rotatable bonds is 5. The van der Waals surface area contributed by atoms with Crippen LogP contribution in [0.5, 0.6) is 5.75 Å². The van der Waals surface area contributed by atoms with Gasteiger partial charge in [-0.2, -0.15) is 0 Å². The zero-order valence-electron chi connectivity index (χ0n) is 11.3. The summed E-state index contributed by atoms with van der Waals surface area (Å²) in [6.45, 7) is 4.50. The van der Waals surface area contributed by atoms with Crippen molar-refractivity contribution in [1.82, 2.24) is 20.3 Å². The number of hydrogen-bond donors (Lipinski definition) is 1. The van der Waals surface area contributed by atoms with Gasteiger partial charge in [0, 0.05) is 23.6 Å². The quantitative estimate of drug-likeness (QED) is 0.908. The normalized spacial score (nSPS) is 17.0. The van der Waals surface area contributed by atoms with E-state index in [2.05, 4.69) is 44.5 Å². The molecule has 1 aliphatic rings. The Bertz CT molecular complexity index is 599. The topological polar surface area (TPSA) is 52.0 Å². The number of aromatic nitrogens is 3. The summed E-state index contributed by atoms with van der Waals surface area (Å²) in [5, 5.41) is 11.5. The van der Waals surface area contributed by atoms with Gasteiger partial charge >= 0.3 is 0 Å². The Balaban J connectivity index is 1.61. The molecule has 1 unspecified atom stereocenters. The molecule has 20 heavy (non-hydrogen) atoms. The summed E-state index contributed by atoms with van der Waals surface area (Å²) in [6.07, 6.45) is 3.02. The fraction of sp³-hybridized carbons (Fsp3) is 0.429. The molecule has 3 rings (SSSR count). The van der Waals surface area contributed by atoms with Gasteiger partial charge in [0.25, 0.3) is 0 Å². The van der Waals surface area contributed by atoms with Gasteiger partial charge in [0.05, 0.1) is 12.2 Å². The largest absolute Gasteiger partial charge is 0.488 e. The van der Waals surface area contributed by atoms with Crippen LogP contribution in [0.15, 0.2) is 28.9 Å². The molecule has 0 spiro atoms. The second-order valence-electron chi connectivity index (χ2n) is 4.91. The molecule has 1 aromatic heterocycles. The number of ether oxygens (including phenoxy) is 1. The highest BCUT2D eigenvalue weighted by molar-refractivity contribution is 9.10. The first-order valence-electron chi connectivity index (χ1n) is 6.79. The van der Waals surface area contributed by atoms with E-state index in [1.54, 1.807) is 0 Å². The average molecular weight is 337 g/mol. The number of nitrogens with zero attached hydrogens (tertiary/aromatic N) is 3. The van der Waals surface area contributed by atoms with Crippen LogP contribution in [0.1, 0.15) is 18.2 Å². The second kappa shape index (κ2) is 5.93. The van der Waals surface area contributed by atoms with Gasteiger partial charge in [-0.25, -0.2) is 4.68 Å². The molecule has 0 radical (unpaired) electrons. The zero-order chi connectivity index (χ0) is 13.9. The lowest BCUT2D eigenvalue weighted by Gasteiger charge is -2.09. The molecule has 0 saturated heterocycles. The van der Waals surface area contributed by atoms with Crippen molar-refractivity contribution in [3.05, 3.63) is 40.1 Å². The minimum absolute atomic E-state index is 0.132. The first kappa shape index (κ1) is 13.6. The lowest BCUT2D eigenvalue weighted by molar-refractivity contribution is 0.202. The third-order valence-electron chi connectivity index (χ3n) is 3.30. The summed E-state index contributed by atoms with van der Waals surface area (Å²) in [4.78, 5) is 0. The van der Waals surface area contributed by atoms with Gasteiger partial charge < -0.3 is 10.1 Å². The highest BCUT2D eigenvalue weighted by Crippen LogP contribution is 2.31. The predicted octanol–water partition coefficient (Wildman–Crippen LogP) is 2.15. The summed E-state index contributed by atoms with van der Waals surface area (Å²) in [6, 6.07) is 6.13. The van der Waals surface area contributed by atoms with Crippen molar-refractivity contribution >= 4 is 15.9 Å². The van der Waals surface area contributed by atoms with Crippen molar-refractivity contribution in [2.45, 2.75) is 32.5 Å². The smallest absolute Gasteiger partial charge is 0.123 e. The van der Waals surface area contributed by atoms with Gasteiger partial charge in [0.1, 0.15) is 11.9 Å². The first-order valence-corrected chi connectivity index (χ1v) is 7.58. The summed E-state index contributed by atoms with van der Waals surface area (Å²) < 4.78 is 8.88. The molecular formula is C14H17BrN4O. The van der Waals surface area contributed by atoms with E-state index in [1.165, 1.54) is 5.56 Å². The van der Waals surface area contributed by atoms with Gasteiger partial charge in [0.2, 0.25) is 0 Å². The molecule has 1 atom stereocenters. The second-order valence-corrected chi connectivity index (χ2v) is 5.82. The number of nitrogens with one attached hydrogen (secondary N) is 1. The minimum Gasteiger partial charge on any atom is -0.488 e. The Morgan fingerprint density at radius 2 is 2.40 bits per heavy atom. The number of halogens is 1. The molecule has 5 nitrogen and oxygen atoms in total. The molecule has 1 aliphatic heterocycles. The van der Waals surface area contributed by atoms with Crippen LogP contribution in [0, 0.1) is 0 Å². The molecule has 2 heterocycles. The van der Waals surface area contributed by atoms with Crippen LogP contribution in [0.4, 0.5) is 0 Å². The maximum atomic E-state index is 5.93. The van der Waals surface area contributed by atoms with Gasteiger partial charge in [-0.15, -0.1) is 5.10 Å². The van der Waals surface area contributed by atoms with E-state index in [-0.39, 0.29) is 6.10 Å². The van der Waals surface area contributed by atoms with E-state index >= 15 is 0 Å². The number of benzene rings is 1. The molecule has 0 saturated carbocycles. The van der Waals surface area contributed by atoms with Gasteiger partial charge in [-0.05, 0) is 30.3 Å². The van der Waals surface area contributed by atoms with Crippen LogP contribution in [0.25, 0.3) is 0 Å². The van der Waals surface area contributed by atoms with Crippen molar-refractivity contribution in [2.24, 2.45) is 0 Å². The summed E-state index contributed by atoms with van der Waals surface area (Å²) >= 11 is 3.49. The van der Waals surface area contributed by atoms with E-state index in [0.717, 1.165) is 42.0 Å². The van der Waals surface area contributed by atoms with Crippen LogP contribution in [0.2, 0.25) is 0 Å². The van der Waals surface area contributed by atoms with Crippen LogP contribution < -0.4 is 10.1 Å². The third kappa shape index (κ3) is 3.02. The molecule has 106 valence electrons. The van der Waals surface area contributed by atoms with E-state index in [0.29, 0.717) is 0 Å². The predicted molar refractivity (Wildman–Crippen MR) is 79.7 cm³/mol. The molecule has 0 fully saturated rings. The highest BCUT2D eigenvalue weighted by atomic mass is 79.9. The molecular weight excluding hydrogens is 320 g/mol. The molecule has 0 bridgehead atoms. The number of fused-ring (bicyclic) bond motifs is 1. The Morgan fingerprint density at radius 1 is 1.50 bits per heavy atom. The Hall–Kier alpha value is -1.40. The third-order valence-corrected chi connectivity index (χ3v) is 3.79. The lowest BCUT2D eigenvalue weighted by atomic mass is 10.1. The molecule has 6 heteroatoms. The summed E-state index contributed by atoms with van der Waals surface area (Å²) in [5.41, 5.74) is 2.21. The van der Waals surface area contributed by atoms with Crippen molar-refractivity contribution in [3.63, 3.8) is 0 Å². The van der Waals surface area contributed by atoms with E-state index in [4.69, 9.17) is 4.74 Å². The van der Waals surface area contributed by atoms with E-state index in [1.807, 2.05) is 23.0 Å². The van der Waals surface area contributed by atoms with E-state index < -0.39 is 0 Å². The van der Waals surface area contributed by atoms with Gasteiger partial charge in [-0.3, -0.25) is 0 Å². The average Bonchev–Trinajstić information content (AvgIpc) is 3.02. The fourth-order valence-corrected chi connectivity index (χ4v) is 2.77. The molecule has 0 aliphatic carbocycles. The molecule has 1 N–H and O–H groups in total. The first-order chi connectivity index (χ1) is 9.74. The zero-order valence-corrected chi connectivity index (χ0v) is 12.9. The summed E-state index contributed by atoms with van der Waals surface area (Å²) in [7, 11) is 0. The van der Waals surface area contributed by atoms with E-state index in [9.17, 15) is 0 Å². The van der Waals surface area contributed by atoms with Gasteiger partial charge in [0.15, 0.2) is 0 Å². The maximum absolute atomic E-state index is 5.93. The minimum atomic E-state index is 0.132. The number of hydrogen-bond acceptors (Lipinski definition) is 4. The van der Waals surface area contributed by atoms with Crippen LogP contribution in [-0.2, 0) is 19.5 Å². The Labute approximate surface area is 126 Å². The van der Waals surface area contributed by atoms with Crippen molar-refractivity contribution in [2.75, 3.05) is 6.54 Å². The SMILES string of the molecule is CCNCc1cn(CC2Cc3cc(Br)ccc3O2)nn1. The Morgan fingerprint density at radius 3 is 3.25 bits per heavy atom. The van der Waals surface area contributed by atoms with Crippen molar-refractivity contribution in [3.8, 4) is 5.75 Å². The van der Waals surface area contributed by atoms with Crippen LogP contribution in [-0.4, -0.2) is 27.6 Å². The van der Waals surface area contributed by atoms with Crippen molar-refractivity contribution in [1.29, 1.82) is 0 Å². The molecule has 0 amide bonds. The van der Waals surface area contributed by atoms with Gasteiger partial charge in [-0.1, -0.05) is 28.1 Å².